The van der Waals surface area contributed by atoms with Crippen molar-refractivity contribution in [1.82, 2.24) is 0 Å². The van der Waals surface area contributed by atoms with E-state index in [4.69, 9.17) is 0 Å². The molecule has 2 aromatic carbocycles. The van der Waals surface area contributed by atoms with Crippen molar-refractivity contribution in [2.45, 2.75) is 57.0 Å². The number of aliphatic hydroxyl groups excluding tert-OH is 1. The van der Waals surface area contributed by atoms with E-state index < -0.39 is 18.0 Å². The highest BCUT2D eigenvalue weighted by Gasteiger charge is 2.29. The molecule has 0 unspecified atom stereocenters. The molecule has 0 heterocycles. The lowest BCUT2D eigenvalue weighted by Gasteiger charge is -2.24. The normalized spacial score (nSPS) is 17.8. The summed E-state index contributed by atoms with van der Waals surface area (Å²) in [5.41, 5.74) is 3.66. The minimum Gasteiger partial charge on any atom is -0.481 e. The van der Waals surface area contributed by atoms with Crippen LogP contribution in [0.4, 0.5) is 0 Å². The molecule has 3 rings (SSSR count). The van der Waals surface area contributed by atoms with E-state index in [1.54, 1.807) is 12.1 Å². The number of hydrogen-bond donors (Lipinski definition) is 2. The van der Waals surface area contributed by atoms with Gasteiger partial charge in [-0.1, -0.05) is 73.4 Å². The number of aryl methyl sites for hydroxylation is 1. The summed E-state index contributed by atoms with van der Waals surface area (Å²) >= 11 is 0. The molecule has 1 aliphatic carbocycles. The van der Waals surface area contributed by atoms with Crippen LogP contribution in [0.1, 0.15) is 72.3 Å². The average Bonchev–Trinajstić information content (AvgIpc) is 2.63. The van der Waals surface area contributed by atoms with E-state index >= 15 is 0 Å². The molecule has 3 nitrogen and oxygen atoms in total. The van der Waals surface area contributed by atoms with Gasteiger partial charge in [-0.3, -0.25) is 4.79 Å². The van der Waals surface area contributed by atoms with Crippen LogP contribution in [-0.4, -0.2) is 16.2 Å². The van der Waals surface area contributed by atoms with Gasteiger partial charge in [0, 0.05) is 0 Å². The Bertz CT molecular complexity index is 697. The Labute approximate surface area is 149 Å². The third-order valence-corrected chi connectivity index (χ3v) is 5.37. The molecule has 2 N–H and O–H groups in total. The van der Waals surface area contributed by atoms with Crippen molar-refractivity contribution in [3.05, 3.63) is 70.8 Å². The van der Waals surface area contributed by atoms with E-state index in [1.165, 1.54) is 37.7 Å². The van der Waals surface area contributed by atoms with Crippen LogP contribution < -0.4 is 0 Å². The molecule has 0 saturated heterocycles. The molecule has 1 aliphatic rings. The van der Waals surface area contributed by atoms with Gasteiger partial charge in [0.1, 0.15) is 5.92 Å². The van der Waals surface area contributed by atoms with E-state index in [-0.39, 0.29) is 0 Å². The van der Waals surface area contributed by atoms with Crippen LogP contribution in [-0.2, 0) is 4.79 Å². The monoisotopic (exact) mass is 338 g/mol. The van der Waals surface area contributed by atoms with Gasteiger partial charge >= 0.3 is 5.97 Å². The summed E-state index contributed by atoms with van der Waals surface area (Å²) in [7, 11) is 0. The van der Waals surface area contributed by atoms with Crippen molar-refractivity contribution in [3.63, 3.8) is 0 Å². The molecule has 2 aromatic rings. The van der Waals surface area contributed by atoms with Crippen molar-refractivity contribution >= 4 is 5.97 Å². The maximum absolute atomic E-state index is 11.8. The number of rotatable bonds is 5. The first-order valence-corrected chi connectivity index (χ1v) is 9.13. The molecular weight excluding hydrogens is 312 g/mol. The third-order valence-electron chi connectivity index (χ3n) is 5.37. The SMILES string of the molecule is Cc1ccc([C@@H](O)[C@H](C(=O)O)c2ccc(C3CCCCC3)cc2)cc1. The zero-order chi connectivity index (χ0) is 17.8. The first-order valence-electron chi connectivity index (χ1n) is 9.13. The van der Waals surface area contributed by atoms with Crippen molar-refractivity contribution in [2.75, 3.05) is 0 Å². The van der Waals surface area contributed by atoms with Gasteiger partial charge in [0.2, 0.25) is 0 Å². The summed E-state index contributed by atoms with van der Waals surface area (Å²) in [5.74, 6) is -1.37. The summed E-state index contributed by atoms with van der Waals surface area (Å²) < 4.78 is 0. The van der Waals surface area contributed by atoms with E-state index in [2.05, 4.69) is 0 Å². The Morgan fingerprint density at radius 1 is 0.920 bits per heavy atom. The Balaban J connectivity index is 1.82. The fourth-order valence-electron chi connectivity index (χ4n) is 3.83. The molecule has 0 aliphatic heterocycles. The van der Waals surface area contributed by atoms with Gasteiger partial charge in [0.25, 0.3) is 0 Å². The van der Waals surface area contributed by atoms with E-state index in [0.29, 0.717) is 17.0 Å². The Hall–Kier alpha value is -2.13. The van der Waals surface area contributed by atoms with Gasteiger partial charge in [-0.15, -0.1) is 0 Å². The van der Waals surface area contributed by atoms with Gasteiger partial charge in [-0.2, -0.15) is 0 Å². The maximum atomic E-state index is 11.8. The largest absolute Gasteiger partial charge is 0.481 e. The van der Waals surface area contributed by atoms with Crippen LogP contribution in [0.15, 0.2) is 48.5 Å². The first kappa shape index (κ1) is 17.7. The Morgan fingerprint density at radius 3 is 2.04 bits per heavy atom. The number of carboxylic acid groups (broad SMARTS) is 1. The third kappa shape index (κ3) is 4.10. The smallest absolute Gasteiger partial charge is 0.314 e. The molecule has 0 spiro atoms. The van der Waals surface area contributed by atoms with Gasteiger partial charge in [-0.05, 0) is 42.4 Å². The number of hydrogen-bond acceptors (Lipinski definition) is 2. The summed E-state index contributed by atoms with van der Waals surface area (Å²) in [4.78, 5) is 11.8. The number of carbonyl (C=O) groups is 1. The van der Waals surface area contributed by atoms with Gasteiger partial charge in [-0.25, -0.2) is 0 Å². The lowest BCUT2D eigenvalue weighted by atomic mass is 9.82. The molecule has 3 heteroatoms. The average molecular weight is 338 g/mol. The molecule has 0 amide bonds. The van der Waals surface area contributed by atoms with Crippen molar-refractivity contribution in [3.8, 4) is 0 Å². The fourth-order valence-corrected chi connectivity index (χ4v) is 3.83. The number of benzene rings is 2. The highest BCUT2D eigenvalue weighted by atomic mass is 16.4. The topological polar surface area (TPSA) is 57.5 Å². The molecular formula is C22H26O3. The molecule has 0 aromatic heterocycles. The van der Waals surface area contributed by atoms with Crippen LogP contribution >= 0.6 is 0 Å². The van der Waals surface area contributed by atoms with E-state index in [1.807, 2.05) is 43.3 Å². The highest BCUT2D eigenvalue weighted by Crippen LogP contribution is 2.35. The van der Waals surface area contributed by atoms with Crippen LogP contribution in [0.3, 0.4) is 0 Å². The van der Waals surface area contributed by atoms with Crippen LogP contribution in [0.25, 0.3) is 0 Å². The maximum Gasteiger partial charge on any atom is 0.314 e. The standard InChI is InChI=1S/C22H26O3/c1-15-7-9-19(10-8-15)21(23)20(22(24)25)18-13-11-17(12-14-18)16-5-3-2-4-6-16/h7-14,16,20-21,23H,2-6H2,1H3,(H,24,25)/t20-,21-/m1/s1. The Kier molecular flexibility index (Phi) is 5.54. The molecule has 2 atom stereocenters. The zero-order valence-corrected chi connectivity index (χ0v) is 14.7. The van der Waals surface area contributed by atoms with Crippen LogP contribution in [0.5, 0.6) is 0 Å². The van der Waals surface area contributed by atoms with Gasteiger partial charge < -0.3 is 10.2 Å². The molecule has 132 valence electrons. The van der Waals surface area contributed by atoms with Crippen molar-refractivity contribution < 1.29 is 15.0 Å². The van der Waals surface area contributed by atoms with E-state index in [0.717, 1.165) is 5.56 Å². The summed E-state index contributed by atoms with van der Waals surface area (Å²) in [6, 6.07) is 15.2. The second-order valence-electron chi connectivity index (χ2n) is 7.17. The zero-order valence-electron chi connectivity index (χ0n) is 14.7. The molecule has 1 saturated carbocycles. The second-order valence-corrected chi connectivity index (χ2v) is 7.17. The molecule has 1 fully saturated rings. The number of aliphatic carboxylic acids is 1. The lowest BCUT2D eigenvalue weighted by Crippen LogP contribution is -2.20. The lowest BCUT2D eigenvalue weighted by molar-refractivity contribution is -0.141. The van der Waals surface area contributed by atoms with Crippen LogP contribution in [0.2, 0.25) is 0 Å². The predicted octanol–water partition coefficient (Wildman–Crippen LogP) is 4.94. The second kappa shape index (κ2) is 7.83. The van der Waals surface area contributed by atoms with Gasteiger partial charge in [0.15, 0.2) is 0 Å². The van der Waals surface area contributed by atoms with Crippen LogP contribution in [0, 0.1) is 6.92 Å². The van der Waals surface area contributed by atoms with Gasteiger partial charge in [0.05, 0.1) is 6.10 Å². The predicted molar refractivity (Wildman–Crippen MR) is 98.8 cm³/mol. The Morgan fingerprint density at radius 2 is 1.48 bits per heavy atom. The number of aliphatic hydroxyl groups is 1. The van der Waals surface area contributed by atoms with Crippen molar-refractivity contribution in [1.29, 1.82) is 0 Å². The van der Waals surface area contributed by atoms with E-state index in [9.17, 15) is 15.0 Å². The minimum atomic E-state index is -1.06. The first-order chi connectivity index (χ1) is 12.1. The quantitative estimate of drug-likeness (QED) is 0.811. The summed E-state index contributed by atoms with van der Waals surface area (Å²) in [5, 5.41) is 20.3. The minimum absolute atomic E-state index is 0.591. The highest BCUT2D eigenvalue weighted by molar-refractivity contribution is 5.77. The van der Waals surface area contributed by atoms with Crippen molar-refractivity contribution in [2.24, 2.45) is 0 Å². The summed E-state index contributed by atoms with van der Waals surface area (Å²) in [6.07, 6.45) is 5.24. The fraction of sp³-hybridized carbons (Fsp3) is 0.409. The summed E-state index contributed by atoms with van der Waals surface area (Å²) in [6.45, 7) is 1.97. The molecule has 0 bridgehead atoms. The molecule has 25 heavy (non-hydrogen) atoms. The molecule has 0 radical (unpaired) electrons. The number of carboxylic acids is 1.